The number of carbonyl (C=O) groups excluding carboxylic acids is 1. The molecule has 0 aromatic carbocycles. The lowest BCUT2D eigenvalue weighted by Gasteiger charge is -2.39. The highest BCUT2D eigenvalue weighted by Crippen LogP contribution is 2.35. The number of hydrogen-bond acceptors (Lipinski definition) is 7. The Balaban J connectivity index is 2.45. The molecule has 0 aliphatic carbocycles. The Morgan fingerprint density at radius 3 is 2.62 bits per heavy atom. The maximum Gasteiger partial charge on any atom is 0.370 e. The molecule has 2 rings (SSSR count). The lowest BCUT2D eigenvalue weighted by Crippen LogP contribution is -2.57. The van der Waals surface area contributed by atoms with Crippen LogP contribution >= 0.6 is 11.3 Å². The Kier molecular flexibility index (Phi) is 5.94. The third kappa shape index (κ3) is 3.93. The van der Waals surface area contributed by atoms with Gasteiger partial charge in [-0.25, -0.2) is 4.79 Å². The second-order valence-electron chi connectivity index (χ2n) is 5.43. The SMILES string of the molecule is CC(=O)N[C@@H]1C(c2cccs2)C=C(C(=O)O)OC1[C@H](O)[C@H](O)CO. The number of hydrogen-bond donors (Lipinski definition) is 5. The molecule has 8 nitrogen and oxygen atoms in total. The topological polar surface area (TPSA) is 136 Å². The van der Waals surface area contributed by atoms with Crippen LogP contribution in [0.4, 0.5) is 0 Å². The molecule has 1 aliphatic heterocycles. The van der Waals surface area contributed by atoms with Crippen molar-refractivity contribution in [2.75, 3.05) is 6.61 Å². The average Bonchev–Trinajstić information content (AvgIpc) is 3.07. The van der Waals surface area contributed by atoms with Gasteiger partial charge in [0, 0.05) is 17.7 Å². The van der Waals surface area contributed by atoms with Crippen molar-refractivity contribution in [2.45, 2.75) is 37.2 Å². The molecule has 9 heteroatoms. The highest BCUT2D eigenvalue weighted by molar-refractivity contribution is 7.10. The highest BCUT2D eigenvalue weighted by Gasteiger charge is 2.44. The van der Waals surface area contributed by atoms with E-state index in [4.69, 9.17) is 9.84 Å². The lowest BCUT2D eigenvalue weighted by atomic mass is 9.86. The fourth-order valence-corrected chi connectivity index (χ4v) is 3.45. The van der Waals surface area contributed by atoms with E-state index in [0.29, 0.717) is 0 Å². The van der Waals surface area contributed by atoms with Gasteiger partial charge in [0.2, 0.25) is 11.7 Å². The van der Waals surface area contributed by atoms with Crippen molar-refractivity contribution >= 4 is 23.2 Å². The molecule has 0 saturated heterocycles. The first-order chi connectivity index (χ1) is 11.3. The van der Waals surface area contributed by atoms with Gasteiger partial charge in [0.15, 0.2) is 0 Å². The Hall–Kier alpha value is -1.94. The van der Waals surface area contributed by atoms with Crippen molar-refractivity contribution in [3.8, 4) is 0 Å². The molecule has 24 heavy (non-hydrogen) atoms. The first kappa shape index (κ1) is 18.4. The molecule has 5 N–H and O–H groups in total. The molecule has 132 valence electrons. The van der Waals surface area contributed by atoms with Crippen LogP contribution in [0.25, 0.3) is 0 Å². The summed E-state index contributed by atoms with van der Waals surface area (Å²) in [5.74, 6) is -2.66. The van der Waals surface area contributed by atoms with E-state index in [9.17, 15) is 24.9 Å². The molecule has 0 bridgehead atoms. The molecule has 2 unspecified atom stereocenters. The fraction of sp³-hybridized carbons (Fsp3) is 0.467. The number of carboxylic acids is 1. The minimum atomic E-state index is -1.59. The van der Waals surface area contributed by atoms with E-state index >= 15 is 0 Å². The Bertz CT molecular complexity index is 615. The monoisotopic (exact) mass is 357 g/mol. The summed E-state index contributed by atoms with van der Waals surface area (Å²) in [6.07, 6.45) is -3.00. The van der Waals surface area contributed by atoms with Gasteiger partial charge in [-0.15, -0.1) is 11.3 Å². The molecule has 1 amide bonds. The quantitative estimate of drug-likeness (QED) is 0.459. The molecule has 1 aliphatic rings. The average molecular weight is 357 g/mol. The number of carboxylic acid groups (broad SMARTS) is 1. The van der Waals surface area contributed by atoms with Gasteiger partial charge >= 0.3 is 5.97 Å². The van der Waals surface area contributed by atoms with Crippen LogP contribution in [-0.2, 0) is 14.3 Å². The van der Waals surface area contributed by atoms with E-state index in [1.165, 1.54) is 24.3 Å². The smallest absolute Gasteiger partial charge is 0.370 e. The molecule has 0 radical (unpaired) electrons. The third-order valence-electron chi connectivity index (χ3n) is 3.71. The predicted octanol–water partition coefficient (Wildman–Crippen LogP) is -0.582. The van der Waals surface area contributed by atoms with Crippen molar-refractivity contribution in [1.29, 1.82) is 0 Å². The molecular weight excluding hydrogens is 338 g/mol. The van der Waals surface area contributed by atoms with Gasteiger partial charge < -0.3 is 30.5 Å². The number of aliphatic hydroxyl groups excluding tert-OH is 3. The van der Waals surface area contributed by atoms with E-state index in [2.05, 4.69) is 5.32 Å². The molecule has 1 aromatic heterocycles. The van der Waals surface area contributed by atoms with Gasteiger partial charge in [-0.3, -0.25) is 4.79 Å². The number of amides is 1. The number of carbonyl (C=O) groups is 2. The molecule has 0 fully saturated rings. The maximum absolute atomic E-state index is 11.6. The summed E-state index contributed by atoms with van der Waals surface area (Å²) in [5.41, 5.74) is 0. The summed E-state index contributed by atoms with van der Waals surface area (Å²) in [6.45, 7) is 0.553. The summed E-state index contributed by atoms with van der Waals surface area (Å²) < 4.78 is 5.30. The number of rotatable bonds is 6. The minimum Gasteiger partial charge on any atom is -0.478 e. The van der Waals surface area contributed by atoms with Crippen LogP contribution in [0.3, 0.4) is 0 Å². The van der Waals surface area contributed by atoms with Gasteiger partial charge in [0.25, 0.3) is 0 Å². The van der Waals surface area contributed by atoms with Crippen molar-refractivity contribution in [1.82, 2.24) is 5.32 Å². The number of ether oxygens (including phenoxy) is 1. The van der Waals surface area contributed by atoms with Crippen LogP contribution in [0.2, 0.25) is 0 Å². The van der Waals surface area contributed by atoms with Gasteiger partial charge in [-0.2, -0.15) is 0 Å². The van der Waals surface area contributed by atoms with Crippen LogP contribution < -0.4 is 5.32 Å². The molecule has 0 spiro atoms. The van der Waals surface area contributed by atoms with E-state index in [1.807, 2.05) is 0 Å². The molecule has 5 atom stereocenters. The van der Waals surface area contributed by atoms with E-state index in [-0.39, 0.29) is 5.76 Å². The standard InChI is InChI=1S/C15H19NO7S/c1-7(18)16-12-8(11-3-2-4-24-11)5-10(15(21)22)23-14(12)13(20)9(19)6-17/h2-5,8-9,12-14,17,19-20H,6H2,1H3,(H,16,18)(H,21,22)/t8?,9-,12-,13-,14?/m1/s1. The first-order valence-corrected chi connectivity index (χ1v) is 8.12. The second-order valence-corrected chi connectivity index (χ2v) is 6.41. The van der Waals surface area contributed by atoms with E-state index in [1.54, 1.807) is 17.5 Å². The van der Waals surface area contributed by atoms with Gasteiger partial charge in [0.05, 0.1) is 12.6 Å². The third-order valence-corrected chi connectivity index (χ3v) is 4.68. The zero-order chi connectivity index (χ0) is 17.9. The Morgan fingerprint density at radius 2 is 2.12 bits per heavy atom. The summed E-state index contributed by atoms with van der Waals surface area (Å²) in [6, 6.07) is 2.75. The largest absolute Gasteiger partial charge is 0.478 e. The predicted molar refractivity (Wildman–Crippen MR) is 84.4 cm³/mol. The Morgan fingerprint density at radius 1 is 1.42 bits per heavy atom. The van der Waals surface area contributed by atoms with E-state index < -0.39 is 48.8 Å². The Labute approximate surface area is 142 Å². The minimum absolute atomic E-state index is 0.385. The fourth-order valence-electron chi connectivity index (χ4n) is 2.61. The van der Waals surface area contributed by atoms with E-state index in [0.717, 1.165) is 4.88 Å². The van der Waals surface area contributed by atoms with Crippen LogP contribution in [0.15, 0.2) is 29.3 Å². The highest BCUT2D eigenvalue weighted by atomic mass is 32.1. The number of aliphatic carboxylic acids is 1. The molecule has 0 saturated carbocycles. The first-order valence-electron chi connectivity index (χ1n) is 7.24. The van der Waals surface area contributed by atoms with Crippen molar-refractivity contribution < 1.29 is 34.8 Å². The van der Waals surface area contributed by atoms with Gasteiger partial charge in [-0.1, -0.05) is 6.07 Å². The summed E-state index contributed by atoms with van der Waals surface area (Å²) in [7, 11) is 0. The van der Waals surface area contributed by atoms with Crippen molar-refractivity contribution in [3.05, 3.63) is 34.2 Å². The van der Waals surface area contributed by atoms with Crippen molar-refractivity contribution in [2.24, 2.45) is 0 Å². The van der Waals surface area contributed by atoms with Crippen molar-refractivity contribution in [3.63, 3.8) is 0 Å². The number of aliphatic hydroxyl groups is 3. The summed E-state index contributed by atoms with van der Waals surface area (Å²) >= 11 is 1.36. The number of nitrogens with one attached hydrogen (secondary N) is 1. The van der Waals surface area contributed by atoms with Crippen LogP contribution in [0, 0.1) is 0 Å². The second kappa shape index (κ2) is 7.75. The van der Waals surface area contributed by atoms with Gasteiger partial charge in [-0.05, 0) is 17.5 Å². The number of thiophene rings is 1. The molecule has 1 aromatic rings. The van der Waals surface area contributed by atoms with Crippen LogP contribution in [-0.4, -0.2) is 63.3 Å². The molecular formula is C15H19NO7S. The normalized spacial score (nSPS) is 26.0. The van der Waals surface area contributed by atoms with Gasteiger partial charge in [0.1, 0.15) is 18.3 Å². The molecule has 2 heterocycles. The van der Waals surface area contributed by atoms with Crippen LogP contribution in [0.5, 0.6) is 0 Å². The zero-order valence-corrected chi connectivity index (χ0v) is 13.6. The summed E-state index contributed by atoms with van der Waals surface area (Å²) in [4.78, 5) is 23.7. The maximum atomic E-state index is 11.6. The zero-order valence-electron chi connectivity index (χ0n) is 12.8. The summed E-state index contributed by atoms with van der Waals surface area (Å²) in [5, 5.41) is 42.7. The lowest BCUT2D eigenvalue weighted by molar-refractivity contribution is -0.146. The van der Waals surface area contributed by atoms with Crippen LogP contribution in [0.1, 0.15) is 17.7 Å².